The molecule has 1 heterocycles. The van der Waals surface area contributed by atoms with E-state index >= 15 is 0 Å². The van der Waals surface area contributed by atoms with Crippen molar-refractivity contribution in [2.45, 2.75) is 13.8 Å². The summed E-state index contributed by atoms with van der Waals surface area (Å²) in [5.74, 6) is 1.33. The lowest BCUT2D eigenvalue weighted by molar-refractivity contribution is 0.340. The van der Waals surface area contributed by atoms with E-state index in [4.69, 9.17) is 14.5 Å². The van der Waals surface area contributed by atoms with Crippen molar-refractivity contribution in [3.8, 4) is 33.9 Å². The number of ether oxygens (including phenoxy) is 2. The average Bonchev–Trinajstić information content (AvgIpc) is 2.74. The maximum absolute atomic E-state index is 13.6. The predicted octanol–water partition coefficient (Wildman–Crippen LogP) is 6.42. The predicted molar refractivity (Wildman–Crippen MR) is 115 cm³/mol. The van der Waals surface area contributed by atoms with Crippen LogP contribution in [0.15, 0.2) is 66.7 Å². The first-order valence-corrected chi connectivity index (χ1v) is 9.57. The zero-order valence-corrected chi connectivity index (χ0v) is 16.7. The third-order valence-electron chi connectivity index (χ3n) is 4.93. The molecular weight excluding hydrogens is 365 g/mol. The highest BCUT2D eigenvalue weighted by Gasteiger charge is 2.12. The Bertz CT molecular complexity index is 1190. The van der Waals surface area contributed by atoms with Gasteiger partial charge in [-0.2, -0.15) is 0 Å². The SMILES string of the molecule is CCOc1cccc(-c2ccc(-c3cc(C)c4cc(F)ccc4n3)cc2OC)c1. The molecule has 0 radical (unpaired) electrons. The Morgan fingerprint density at radius 3 is 2.59 bits per heavy atom. The lowest BCUT2D eigenvalue weighted by atomic mass is 9.99. The fourth-order valence-corrected chi connectivity index (χ4v) is 3.52. The van der Waals surface area contributed by atoms with Gasteiger partial charge in [-0.25, -0.2) is 9.37 Å². The molecule has 0 atom stereocenters. The molecule has 0 amide bonds. The molecule has 0 bridgehead atoms. The minimum Gasteiger partial charge on any atom is -0.496 e. The molecule has 0 aliphatic carbocycles. The Morgan fingerprint density at radius 2 is 1.79 bits per heavy atom. The van der Waals surface area contributed by atoms with Crippen LogP contribution in [0, 0.1) is 12.7 Å². The maximum Gasteiger partial charge on any atom is 0.127 e. The van der Waals surface area contributed by atoms with Crippen molar-refractivity contribution >= 4 is 10.9 Å². The highest BCUT2D eigenvalue weighted by Crippen LogP contribution is 2.36. The van der Waals surface area contributed by atoms with Gasteiger partial charge in [0.2, 0.25) is 0 Å². The number of rotatable bonds is 5. The Kier molecular flexibility index (Phi) is 5.17. The van der Waals surface area contributed by atoms with Gasteiger partial charge >= 0.3 is 0 Å². The third kappa shape index (κ3) is 3.79. The highest BCUT2D eigenvalue weighted by molar-refractivity contribution is 5.86. The molecule has 0 fully saturated rings. The van der Waals surface area contributed by atoms with E-state index in [1.165, 1.54) is 12.1 Å². The normalized spacial score (nSPS) is 10.9. The molecule has 0 unspecified atom stereocenters. The summed E-state index contributed by atoms with van der Waals surface area (Å²) in [6, 6.07) is 20.7. The van der Waals surface area contributed by atoms with Crippen LogP contribution in [0.25, 0.3) is 33.3 Å². The number of halogens is 1. The molecular formula is C25H22FNO2. The summed E-state index contributed by atoms with van der Waals surface area (Å²) in [7, 11) is 1.66. The lowest BCUT2D eigenvalue weighted by Gasteiger charge is -2.13. The second-order valence-electron chi connectivity index (χ2n) is 6.86. The van der Waals surface area contributed by atoms with Crippen LogP contribution < -0.4 is 9.47 Å². The second-order valence-corrected chi connectivity index (χ2v) is 6.86. The van der Waals surface area contributed by atoms with E-state index in [1.54, 1.807) is 13.2 Å². The van der Waals surface area contributed by atoms with Crippen LogP contribution in [0.5, 0.6) is 11.5 Å². The molecule has 3 nitrogen and oxygen atoms in total. The van der Waals surface area contributed by atoms with E-state index in [2.05, 4.69) is 0 Å². The van der Waals surface area contributed by atoms with E-state index in [0.717, 1.165) is 50.3 Å². The lowest BCUT2D eigenvalue weighted by Crippen LogP contribution is -1.94. The van der Waals surface area contributed by atoms with Crippen LogP contribution in [-0.2, 0) is 0 Å². The van der Waals surface area contributed by atoms with E-state index in [1.807, 2.05) is 62.4 Å². The summed E-state index contributed by atoms with van der Waals surface area (Å²) >= 11 is 0. The molecule has 4 aromatic rings. The van der Waals surface area contributed by atoms with Gasteiger partial charge in [-0.05, 0) is 73.5 Å². The van der Waals surface area contributed by atoms with Crippen molar-refractivity contribution in [3.05, 3.63) is 78.1 Å². The summed E-state index contributed by atoms with van der Waals surface area (Å²) in [6.45, 7) is 4.56. The standard InChI is InChI=1S/C25H22FNO2/c1-4-29-20-7-5-6-17(13-20)21-10-8-18(14-25(21)28-3)24-12-16(2)22-15-19(26)9-11-23(22)27-24/h5-15H,4H2,1-3H3. The second kappa shape index (κ2) is 7.92. The molecule has 1 aromatic heterocycles. The number of aryl methyl sites for hydroxylation is 1. The van der Waals surface area contributed by atoms with Crippen LogP contribution in [0.3, 0.4) is 0 Å². The number of hydrogen-bond acceptors (Lipinski definition) is 3. The van der Waals surface area contributed by atoms with Gasteiger partial charge in [0.25, 0.3) is 0 Å². The number of hydrogen-bond donors (Lipinski definition) is 0. The van der Waals surface area contributed by atoms with Gasteiger partial charge < -0.3 is 9.47 Å². The molecule has 0 N–H and O–H groups in total. The van der Waals surface area contributed by atoms with Crippen LogP contribution >= 0.6 is 0 Å². The largest absolute Gasteiger partial charge is 0.496 e. The van der Waals surface area contributed by atoms with Gasteiger partial charge in [-0.1, -0.05) is 18.2 Å². The first-order valence-electron chi connectivity index (χ1n) is 9.57. The van der Waals surface area contributed by atoms with Crippen LogP contribution in [0.2, 0.25) is 0 Å². The maximum atomic E-state index is 13.6. The summed E-state index contributed by atoms with van der Waals surface area (Å²) in [5.41, 5.74) is 5.54. The van der Waals surface area contributed by atoms with Crippen molar-refractivity contribution in [2.75, 3.05) is 13.7 Å². The van der Waals surface area contributed by atoms with E-state index < -0.39 is 0 Å². The molecule has 0 saturated carbocycles. The van der Waals surface area contributed by atoms with Crippen LogP contribution in [-0.4, -0.2) is 18.7 Å². The Morgan fingerprint density at radius 1 is 0.931 bits per heavy atom. The fraction of sp³-hybridized carbons (Fsp3) is 0.160. The van der Waals surface area contributed by atoms with E-state index in [-0.39, 0.29) is 5.82 Å². The van der Waals surface area contributed by atoms with Gasteiger partial charge in [-0.3, -0.25) is 0 Å². The first-order chi connectivity index (χ1) is 14.1. The molecule has 3 aromatic carbocycles. The van der Waals surface area contributed by atoms with E-state index in [9.17, 15) is 4.39 Å². The summed E-state index contributed by atoms with van der Waals surface area (Å²) in [4.78, 5) is 4.72. The summed E-state index contributed by atoms with van der Waals surface area (Å²) in [6.07, 6.45) is 0. The van der Waals surface area contributed by atoms with Crippen molar-refractivity contribution in [3.63, 3.8) is 0 Å². The highest BCUT2D eigenvalue weighted by atomic mass is 19.1. The molecule has 4 rings (SSSR count). The Balaban J connectivity index is 1.78. The molecule has 0 aliphatic heterocycles. The number of pyridine rings is 1. The van der Waals surface area contributed by atoms with Gasteiger partial charge in [-0.15, -0.1) is 0 Å². The zero-order valence-electron chi connectivity index (χ0n) is 16.7. The number of fused-ring (bicyclic) bond motifs is 1. The average molecular weight is 387 g/mol. The molecule has 4 heteroatoms. The van der Waals surface area contributed by atoms with Gasteiger partial charge in [0.15, 0.2) is 0 Å². The summed E-state index contributed by atoms with van der Waals surface area (Å²) in [5, 5.41) is 0.824. The fourth-order valence-electron chi connectivity index (χ4n) is 3.52. The van der Waals surface area contributed by atoms with E-state index in [0.29, 0.717) is 6.61 Å². The van der Waals surface area contributed by atoms with Crippen molar-refractivity contribution in [1.29, 1.82) is 0 Å². The molecule has 0 saturated heterocycles. The molecule has 146 valence electrons. The number of benzene rings is 3. The summed E-state index contributed by atoms with van der Waals surface area (Å²) < 4.78 is 24.9. The molecule has 0 aliphatic rings. The molecule has 0 spiro atoms. The minimum absolute atomic E-state index is 0.254. The van der Waals surface area contributed by atoms with Gasteiger partial charge in [0.1, 0.15) is 17.3 Å². The number of methoxy groups -OCH3 is 1. The third-order valence-corrected chi connectivity index (χ3v) is 4.93. The van der Waals surface area contributed by atoms with Crippen molar-refractivity contribution in [2.24, 2.45) is 0 Å². The van der Waals surface area contributed by atoms with Crippen molar-refractivity contribution in [1.82, 2.24) is 4.98 Å². The Labute approximate surface area is 169 Å². The van der Waals surface area contributed by atoms with Crippen LogP contribution in [0.1, 0.15) is 12.5 Å². The van der Waals surface area contributed by atoms with Gasteiger partial charge in [0, 0.05) is 16.5 Å². The molecule has 29 heavy (non-hydrogen) atoms. The smallest absolute Gasteiger partial charge is 0.127 e. The van der Waals surface area contributed by atoms with Crippen LogP contribution in [0.4, 0.5) is 4.39 Å². The Hall–Kier alpha value is -3.40. The quantitative estimate of drug-likeness (QED) is 0.396. The monoisotopic (exact) mass is 387 g/mol. The zero-order chi connectivity index (χ0) is 20.4. The number of aromatic nitrogens is 1. The first kappa shape index (κ1) is 18.9. The minimum atomic E-state index is -0.254. The number of nitrogens with zero attached hydrogens (tertiary/aromatic N) is 1. The topological polar surface area (TPSA) is 31.4 Å². The van der Waals surface area contributed by atoms with Gasteiger partial charge in [0.05, 0.1) is 24.9 Å². The van der Waals surface area contributed by atoms with Crippen molar-refractivity contribution < 1.29 is 13.9 Å².